The maximum Gasteiger partial charge on any atom is 0.198 e. The third kappa shape index (κ3) is 1.24. The standard InChI is InChI=1S/C5H9NOS/c6-5(8)4-2-1-3-7-4/h4H,1-3H2,(H2,6,8)/p+1. The molecule has 1 aliphatic rings. The van der Waals surface area contributed by atoms with E-state index in [1.54, 1.807) is 0 Å². The summed E-state index contributed by atoms with van der Waals surface area (Å²) in [6.07, 6.45) is 2.40. The Bertz CT molecular complexity index is 98.6. The van der Waals surface area contributed by atoms with Crippen LogP contribution in [0, 0.1) is 0 Å². The van der Waals surface area contributed by atoms with Crippen LogP contribution in [0.15, 0.2) is 0 Å². The lowest BCUT2D eigenvalue weighted by molar-refractivity contribution is -0.221. The van der Waals surface area contributed by atoms with Crippen molar-refractivity contribution >= 4 is 17.2 Å². The first-order valence-corrected chi connectivity index (χ1v) is 3.19. The molecule has 1 unspecified atom stereocenters. The fraction of sp³-hybridized carbons (Fsp3) is 0.800. The molecule has 3 heteroatoms. The molecule has 1 aliphatic heterocycles. The molecule has 3 N–H and O–H groups in total. The fourth-order valence-electron chi connectivity index (χ4n) is 0.832. The Morgan fingerprint density at radius 2 is 2.50 bits per heavy atom. The molecule has 46 valence electrons. The van der Waals surface area contributed by atoms with E-state index in [0.29, 0.717) is 0 Å². The first-order valence-electron chi connectivity index (χ1n) is 2.78. The highest BCUT2D eigenvalue weighted by Crippen LogP contribution is 2.10. The molecule has 1 rings (SSSR count). The molecule has 2 nitrogen and oxygen atoms in total. The van der Waals surface area contributed by atoms with Gasteiger partial charge in [0.05, 0.1) is 0 Å². The van der Waals surface area contributed by atoms with Crippen LogP contribution in [0.1, 0.15) is 12.8 Å². The van der Waals surface area contributed by atoms with E-state index >= 15 is 0 Å². The average molecular weight is 132 g/mol. The summed E-state index contributed by atoms with van der Waals surface area (Å²) < 4.78 is 5.21. The summed E-state index contributed by atoms with van der Waals surface area (Å²) in [7, 11) is 0. The third-order valence-corrected chi connectivity index (χ3v) is 1.55. The van der Waals surface area contributed by atoms with Crippen LogP contribution in [-0.2, 0) is 4.74 Å². The Labute approximate surface area is 54.0 Å². The minimum Gasteiger partial charge on any atom is -0.367 e. The maximum absolute atomic E-state index is 5.21. The normalized spacial score (nSPS) is 28.4. The van der Waals surface area contributed by atoms with Crippen LogP contribution >= 0.6 is 12.2 Å². The summed E-state index contributed by atoms with van der Waals surface area (Å²) >= 11 is 4.82. The van der Waals surface area contributed by atoms with E-state index in [9.17, 15) is 0 Å². The van der Waals surface area contributed by atoms with E-state index < -0.39 is 0 Å². The summed E-state index contributed by atoms with van der Waals surface area (Å²) in [5.41, 5.74) is 3.63. The highest BCUT2D eigenvalue weighted by Gasteiger charge is 2.19. The van der Waals surface area contributed by atoms with Crippen molar-refractivity contribution in [1.29, 1.82) is 0 Å². The first kappa shape index (κ1) is 6.13. The molecule has 0 aromatic carbocycles. The predicted molar refractivity (Wildman–Crippen MR) is 34.5 cm³/mol. The monoisotopic (exact) mass is 132 g/mol. The average Bonchev–Trinajstić information content (AvgIpc) is 2.12. The van der Waals surface area contributed by atoms with Gasteiger partial charge >= 0.3 is 0 Å². The number of hydrogen-bond donors (Lipinski definition) is 1. The molecule has 1 atom stereocenters. The van der Waals surface area contributed by atoms with Crippen molar-refractivity contribution in [3.63, 3.8) is 0 Å². The van der Waals surface area contributed by atoms with Gasteiger partial charge in [-0.3, -0.25) is 0 Å². The van der Waals surface area contributed by atoms with Crippen LogP contribution in [0.25, 0.3) is 0 Å². The van der Waals surface area contributed by atoms with Crippen molar-refractivity contribution in [2.45, 2.75) is 18.9 Å². The van der Waals surface area contributed by atoms with Gasteiger partial charge in [0.15, 0.2) is 4.99 Å². The molecule has 0 spiro atoms. The molecule has 0 aromatic heterocycles. The zero-order valence-corrected chi connectivity index (χ0v) is 5.54. The Morgan fingerprint density at radius 3 is 2.75 bits per heavy atom. The Kier molecular flexibility index (Phi) is 1.94. The predicted octanol–water partition coefficient (Wildman–Crippen LogP) is -0.265. The number of ether oxygens (including phenoxy) is 1. The van der Waals surface area contributed by atoms with E-state index in [0.717, 1.165) is 24.4 Å². The fourth-order valence-corrected chi connectivity index (χ4v) is 1.02. The second-order valence-electron chi connectivity index (χ2n) is 1.97. The molecule has 0 bridgehead atoms. The van der Waals surface area contributed by atoms with Gasteiger partial charge in [0.2, 0.25) is 0 Å². The maximum atomic E-state index is 5.21. The van der Waals surface area contributed by atoms with Gasteiger partial charge in [-0.25, -0.2) is 0 Å². The van der Waals surface area contributed by atoms with Crippen LogP contribution in [0.5, 0.6) is 0 Å². The van der Waals surface area contributed by atoms with Gasteiger partial charge in [0.1, 0.15) is 6.10 Å². The van der Waals surface area contributed by atoms with Crippen molar-refractivity contribution in [2.24, 2.45) is 0 Å². The van der Waals surface area contributed by atoms with Crippen LogP contribution in [-0.4, -0.2) is 17.7 Å². The topological polar surface area (TPSA) is 36.9 Å². The van der Waals surface area contributed by atoms with Crippen LogP contribution in [0.3, 0.4) is 0 Å². The van der Waals surface area contributed by atoms with Gasteiger partial charge in [-0.05, 0) is 25.1 Å². The lowest BCUT2D eigenvalue weighted by Gasteiger charge is -1.99. The lowest BCUT2D eigenvalue weighted by Crippen LogP contribution is -2.60. The molecule has 1 saturated heterocycles. The Morgan fingerprint density at radius 1 is 1.75 bits per heavy atom. The van der Waals surface area contributed by atoms with Crippen LogP contribution < -0.4 is 5.73 Å². The zero-order chi connectivity index (χ0) is 5.98. The molecular weight excluding hydrogens is 122 g/mol. The molecular formula is C5H10NOS+. The van der Waals surface area contributed by atoms with E-state index in [2.05, 4.69) is 5.73 Å². The van der Waals surface area contributed by atoms with Crippen molar-refractivity contribution < 1.29 is 10.5 Å². The first-order chi connectivity index (χ1) is 3.80. The second-order valence-corrected chi connectivity index (χ2v) is 2.49. The number of hydrogen-bond acceptors (Lipinski definition) is 2. The zero-order valence-electron chi connectivity index (χ0n) is 4.72. The van der Waals surface area contributed by atoms with Crippen molar-refractivity contribution in [3.8, 4) is 0 Å². The molecule has 0 aliphatic carbocycles. The summed E-state index contributed by atoms with van der Waals surface area (Å²) in [4.78, 5) is 0.752. The SMILES string of the molecule is [NH3+]C(=S)C1CCCO1. The third-order valence-electron chi connectivity index (χ3n) is 1.29. The van der Waals surface area contributed by atoms with Gasteiger partial charge in [-0.1, -0.05) is 0 Å². The van der Waals surface area contributed by atoms with E-state index in [1.807, 2.05) is 0 Å². The highest BCUT2D eigenvalue weighted by atomic mass is 32.1. The largest absolute Gasteiger partial charge is 0.367 e. The summed E-state index contributed by atoms with van der Waals surface area (Å²) in [6, 6.07) is 0. The van der Waals surface area contributed by atoms with Gasteiger partial charge in [-0.2, -0.15) is 0 Å². The van der Waals surface area contributed by atoms with E-state index in [-0.39, 0.29) is 6.10 Å². The van der Waals surface area contributed by atoms with Gasteiger partial charge in [-0.15, -0.1) is 0 Å². The summed E-state index contributed by atoms with van der Waals surface area (Å²) in [6.45, 7) is 0.861. The molecule has 0 amide bonds. The second kappa shape index (κ2) is 2.53. The minimum atomic E-state index is 0.185. The number of rotatable bonds is 1. The Balaban J connectivity index is 2.35. The van der Waals surface area contributed by atoms with Crippen molar-refractivity contribution in [1.82, 2.24) is 0 Å². The Hall–Kier alpha value is 0.01000. The molecule has 0 aromatic rings. The summed E-state index contributed by atoms with van der Waals surface area (Å²) in [5.74, 6) is 0. The molecule has 0 radical (unpaired) electrons. The van der Waals surface area contributed by atoms with Gasteiger partial charge in [0.25, 0.3) is 0 Å². The van der Waals surface area contributed by atoms with Crippen molar-refractivity contribution in [3.05, 3.63) is 0 Å². The molecule has 1 fully saturated rings. The van der Waals surface area contributed by atoms with Crippen molar-refractivity contribution in [2.75, 3.05) is 6.61 Å². The molecule has 1 heterocycles. The minimum absolute atomic E-state index is 0.185. The van der Waals surface area contributed by atoms with E-state index in [1.165, 1.54) is 0 Å². The van der Waals surface area contributed by atoms with Gasteiger partial charge < -0.3 is 10.5 Å². The van der Waals surface area contributed by atoms with E-state index in [4.69, 9.17) is 17.0 Å². The quantitative estimate of drug-likeness (QED) is 0.499. The van der Waals surface area contributed by atoms with Gasteiger partial charge in [0, 0.05) is 6.61 Å². The smallest absolute Gasteiger partial charge is 0.198 e. The highest BCUT2D eigenvalue weighted by molar-refractivity contribution is 7.80. The van der Waals surface area contributed by atoms with Crippen LogP contribution in [0.2, 0.25) is 0 Å². The number of thiocarbonyl (C=S) groups is 1. The number of quaternary nitrogens is 1. The van der Waals surface area contributed by atoms with Crippen LogP contribution in [0.4, 0.5) is 0 Å². The summed E-state index contributed by atoms with van der Waals surface area (Å²) in [5, 5.41) is 0. The lowest BCUT2D eigenvalue weighted by atomic mass is 10.2. The molecule has 8 heavy (non-hydrogen) atoms. The molecule has 0 saturated carbocycles.